The number of benzene rings is 1. The van der Waals surface area contributed by atoms with Crippen molar-refractivity contribution in [1.29, 1.82) is 0 Å². The number of amides is 1. The van der Waals surface area contributed by atoms with Gasteiger partial charge in [0.1, 0.15) is 5.75 Å². The lowest BCUT2D eigenvalue weighted by molar-refractivity contribution is -0.127. The summed E-state index contributed by atoms with van der Waals surface area (Å²) in [6, 6.07) is 8.11. The van der Waals surface area contributed by atoms with Crippen LogP contribution in [0.3, 0.4) is 0 Å². The number of carbonyl (C=O) groups excluding carboxylic acids is 1. The zero-order valence-electron chi connectivity index (χ0n) is 10.6. The van der Waals surface area contributed by atoms with E-state index in [1.54, 1.807) is 7.11 Å². The van der Waals surface area contributed by atoms with Gasteiger partial charge in [0.15, 0.2) is 0 Å². The van der Waals surface area contributed by atoms with Gasteiger partial charge in [-0.1, -0.05) is 26.0 Å². The summed E-state index contributed by atoms with van der Waals surface area (Å²) in [6.45, 7) is 4.87. The minimum absolute atomic E-state index is 0.00185. The van der Waals surface area contributed by atoms with E-state index < -0.39 is 0 Å². The lowest BCUT2D eigenvalue weighted by atomic mass is 9.73. The second kappa shape index (κ2) is 4.40. The Morgan fingerprint density at radius 2 is 2.24 bits per heavy atom. The van der Waals surface area contributed by atoms with Gasteiger partial charge in [-0.25, -0.2) is 0 Å². The first-order valence-corrected chi connectivity index (χ1v) is 5.97. The van der Waals surface area contributed by atoms with Crippen molar-refractivity contribution in [2.24, 2.45) is 5.92 Å². The Bertz CT molecular complexity index is 430. The van der Waals surface area contributed by atoms with Gasteiger partial charge < -0.3 is 10.1 Å². The van der Waals surface area contributed by atoms with Crippen LogP contribution in [0.25, 0.3) is 0 Å². The van der Waals surface area contributed by atoms with Crippen LogP contribution in [-0.2, 0) is 10.2 Å². The molecule has 3 nitrogen and oxygen atoms in total. The maximum atomic E-state index is 11.5. The highest BCUT2D eigenvalue weighted by Gasteiger charge is 2.36. The van der Waals surface area contributed by atoms with Gasteiger partial charge in [0.05, 0.1) is 7.11 Å². The molecule has 1 fully saturated rings. The predicted molar refractivity (Wildman–Crippen MR) is 67.1 cm³/mol. The quantitative estimate of drug-likeness (QED) is 0.849. The average molecular weight is 233 g/mol. The van der Waals surface area contributed by atoms with E-state index >= 15 is 0 Å². The highest BCUT2D eigenvalue weighted by Crippen LogP contribution is 2.34. The molecule has 1 heterocycles. The molecule has 0 bridgehead atoms. The number of rotatable bonds is 2. The third-order valence-electron chi connectivity index (χ3n) is 3.62. The molecule has 1 saturated heterocycles. The van der Waals surface area contributed by atoms with Crippen LogP contribution in [0, 0.1) is 5.92 Å². The largest absolute Gasteiger partial charge is 0.497 e. The Balaban J connectivity index is 2.28. The summed E-state index contributed by atoms with van der Waals surface area (Å²) < 4.78 is 5.25. The average Bonchev–Trinajstić information content (AvgIpc) is 2.34. The number of nitrogens with one attached hydrogen (secondary N) is 1. The first-order valence-electron chi connectivity index (χ1n) is 5.97. The van der Waals surface area contributed by atoms with Gasteiger partial charge >= 0.3 is 0 Å². The van der Waals surface area contributed by atoms with E-state index in [0.717, 1.165) is 12.2 Å². The van der Waals surface area contributed by atoms with Crippen LogP contribution >= 0.6 is 0 Å². The highest BCUT2D eigenvalue weighted by molar-refractivity contribution is 5.79. The van der Waals surface area contributed by atoms with Gasteiger partial charge in [-0.15, -0.1) is 0 Å². The maximum Gasteiger partial charge on any atom is 0.222 e. The highest BCUT2D eigenvalue weighted by atomic mass is 16.5. The molecule has 0 aliphatic carbocycles. The molecule has 0 aromatic heterocycles. The SMILES string of the molecule is COc1cccc([C@]2(C)CNC(=O)[C@H](C)C2)c1. The van der Waals surface area contributed by atoms with Gasteiger partial charge in [-0.2, -0.15) is 0 Å². The summed E-state index contributed by atoms with van der Waals surface area (Å²) in [5.41, 5.74) is 1.23. The van der Waals surface area contributed by atoms with Crippen LogP contribution in [0.5, 0.6) is 5.75 Å². The fourth-order valence-electron chi connectivity index (χ4n) is 2.52. The van der Waals surface area contributed by atoms with E-state index in [0.29, 0.717) is 6.54 Å². The molecule has 1 aliphatic rings. The lowest BCUT2D eigenvalue weighted by Gasteiger charge is -2.37. The number of hydrogen-bond donors (Lipinski definition) is 1. The van der Waals surface area contributed by atoms with Crippen molar-refractivity contribution in [2.75, 3.05) is 13.7 Å². The molecular formula is C14H19NO2. The number of carbonyl (C=O) groups is 1. The molecule has 2 atom stereocenters. The van der Waals surface area contributed by atoms with E-state index in [1.165, 1.54) is 5.56 Å². The maximum absolute atomic E-state index is 11.5. The molecule has 2 rings (SSSR count). The lowest BCUT2D eigenvalue weighted by Crippen LogP contribution is -2.48. The zero-order valence-corrected chi connectivity index (χ0v) is 10.6. The predicted octanol–water partition coefficient (Wildman–Crippen LogP) is 2.11. The van der Waals surface area contributed by atoms with E-state index in [-0.39, 0.29) is 17.2 Å². The standard InChI is InChI=1S/C14H19NO2/c1-10-8-14(2,9-15-13(10)16)11-5-4-6-12(7-11)17-3/h4-7,10H,8-9H2,1-3H3,(H,15,16)/t10-,14+/m1/s1. The van der Waals surface area contributed by atoms with Crippen molar-refractivity contribution in [3.05, 3.63) is 29.8 Å². The third kappa shape index (κ3) is 2.28. The molecule has 0 saturated carbocycles. The molecule has 1 N–H and O–H groups in total. The zero-order chi connectivity index (χ0) is 12.5. The molecule has 0 spiro atoms. The summed E-state index contributed by atoms with van der Waals surface area (Å²) in [7, 11) is 1.67. The van der Waals surface area contributed by atoms with E-state index in [4.69, 9.17) is 4.74 Å². The molecule has 1 aliphatic heterocycles. The normalized spacial score (nSPS) is 28.6. The molecule has 1 aromatic rings. The van der Waals surface area contributed by atoms with Crippen molar-refractivity contribution >= 4 is 5.91 Å². The first-order chi connectivity index (χ1) is 8.05. The minimum atomic E-state index is 0.00185. The first kappa shape index (κ1) is 12.0. The summed E-state index contributed by atoms with van der Waals surface area (Å²) in [4.78, 5) is 11.5. The van der Waals surface area contributed by atoms with Crippen LogP contribution in [0.15, 0.2) is 24.3 Å². The molecule has 3 heteroatoms. The Morgan fingerprint density at radius 1 is 1.47 bits per heavy atom. The number of ether oxygens (including phenoxy) is 1. The molecule has 0 radical (unpaired) electrons. The minimum Gasteiger partial charge on any atom is -0.497 e. The van der Waals surface area contributed by atoms with Crippen LogP contribution in [0.2, 0.25) is 0 Å². The summed E-state index contributed by atoms with van der Waals surface area (Å²) >= 11 is 0. The summed E-state index contributed by atoms with van der Waals surface area (Å²) in [5, 5.41) is 2.98. The van der Waals surface area contributed by atoms with Gasteiger partial charge in [0.25, 0.3) is 0 Å². The van der Waals surface area contributed by atoms with Gasteiger partial charge in [0, 0.05) is 17.9 Å². The fourth-order valence-corrected chi connectivity index (χ4v) is 2.52. The summed E-state index contributed by atoms with van der Waals surface area (Å²) in [5.74, 6) is 1.10. The molecule has 0 unspecified atom stereocenters. The van der Waals surface area contributed by atoms with Crippen molar-refractivity contribution in [2.45, 2.75) is 25.7 Å². The van der Waals surface area contributed by atoms with Crippen LogP contribution in [-0.4, -0.2) is 19.6 Å². The summed E-state index contributed by atoms with van der Waals surface area (Å²) in [6.07, 6.45) is 0.881. The Morgan fingerprint density at radius 3 is 2.88 bits per heavy atom. The van der Waals surface area contributed by atoms with Gasteiger partial charge in [-0.05, 0) is 24.1 Å². The van der Waals surface area contributed by atoms with Crippen molar-refractivity contribution < 1.29 is 9.53 Å². The number of methoxy groups -OCH3 is 1. The second-order valence-electron chi connectivity index (χ2n) is 5.12. The topological polar surface area (TPSA) is 38.3 Å². The molecular weight excluding hydrogens is 214 g/mol. The fraction of sp³-hybridized carbons (Fsp3) is 0.500. The van der Waals surface area contributed by atoms with Crippen molar-refractivity contribution in [3.8, 4) is 5.75 Å². The number of piperidine rings is 1. The molecule has 92 valence electrons. The smallest absolute Gasteiger partial charge is 0.222 e. The van der Waals surface area contributed by atoms with Gasteiger partial charge in [0.2, 0.25) is 5.91 Å². The molecule has 1 aromatic carbocycles. The Kier molecular flexibility index (Phi) is 3.09. The van der Waals surface area contributed by atoms with Crippen LogP contribution < -0.4 is 10.1 Å². The Hall–Kier alpha value is -1.51. The van der Waals surface area contributed by atoms with Crippen LogP contribution in [0.4, 0.5) is 0 Å². The van der Waals surface area contributed by atoms with Crippen LogP contribution in [0.1, 0.15) is 25.8 Å². The van der Waals surface area contributed by atoms with E-state index in [2.05, 4.69) is 24.4 Å². The Labute approximate surface area is 102 Å². The van der Waals surface area contributed by atoms with Gasteiger partial charge in [-0.3, -0.25) is 4.79 Å². The van der Waals surface area contributed by atoms with Crippen molar-refractivity contribution in [1.82, 2.24) is 5.32 Å². The monoisotopic (exact) mass is 233 g/mol. The van der Waals surface area contributed by atoms with E-state index in [9.17, 15) is 4.79 Å². The van der Waals surface area contributed by atoms with Crippen molar-refractivity contribution in [3.63, 3.8) is 0 Å². The van der Waals surface area contributed by atoms with E-state index in [1.807, 2.05) is 19.1 Å². The molecule has 17 heavy (non-hydrogen) atoms. The number of hydrogen-bond acceptors (Lipinski definition) is 2. The molecule has 1 amide bonds. The second-order valence-corrected chi connectivity index (χ2v) is 5.12. The third-order valence-corrected chi connectivity index (χ3v) is 3.62.